The van der Waals surface area contributed by atoms with E-state index in [4.69, 9.17) is 0 Å². The number of nitrogens with one attached hydrogen (secondary N) is 1. The van der Waals surface area contributed by atoms with E-state index in [1.807, 2.05) is 35.7 Å². The molecule has 0 saturated carbocycles. The summed E-state index contributed by atoms with van der Waals surface area (Å²) in [5.41, 5.74) is 4.24. The first-order valence-electron chi connectivity index (χ1n) is 9.65. The number of benzene rings is 2. The van der Waals surface area contributed by atoms with Crippen LogP contribution < -0.4 is 0 Å². The minimum Gasteiger partial charge on any atom is -0.507 e. The van der Waals surface area contributed by atoms with E-state index in [-0.39, 0.29) is 10.8 Å². The molecule has 0 spiro atoms. The lowest BCUT2D eigenvalue weighted by Gasteiger charge is -2.33. The highest BCUT2D eigenvalue weighted by Crippen LogP contribution is 2.40. The Labute approximate surface area is 175 Å². The van der Waals surface area contributed by atoms with Gasteiger partial charge in [0.25, 0.3) is 0 Å². The maximum absolute atomic E-state index is 10.1. The second-order valence-corrected chi connectivity index (χ2v) is 9.90. The average Bonchev–Trinajstić information content (AvgIpc) is 3.32. The van der Waals surface area contributed by atoms with Gasteiger partial charge in [0.2, 0.25) is 0 Å². The standard InChI is InChI=1S/C17H23NOS.C6H5N3/c1-16(2,3)11-17(4,5)12-6-7-14(19)13(10-12)15-18-8-9-20-15;1-2-4-6-5(3-1)7-9-8-6/h6-10,19H,11H2,1-5H3;1-4H,(H,7,8,9). The van der Waals surface area contributed by atoms with Crippen molar-refractivity contribution in [2.24, 2.45) is 5.41 Å². The zero-order valence-electron chi connectivity index (χ0n) is 17.6. The number of phenolic OH excluding ortho intramolecular Hbond substituents is 1. The number of H-pyrrole nitrogens is 1. The SMILES string of the molecule is CC(C)(C)CC(C)(C)c1ccc(O)c(-c2nccs2)c1.c1ccc2n[nH]nc2c1. The van der Waals surface area contributed by atoms with Crippen LogP contribution in [0.1, 0.15) is 46.6 Å². The summed E-state index contributed by atoms with van der Waals surface area (Å²) in [5, 5.41) is 23.2. The summed E-state index contributed by atoms with van der Waals surface area (Å²) >= 11 is 1.55. The van der Waals surface area contributed by atoms with Gasteiger partial charge in [-0.1, -0.05) is 52.8 Å². The summed E-state index contributed by atoms with van der Waals surface area (Å²) < 4.78 is 0. The van der Waals surface area contributed by atoms with Crippen molar-refractivity contribution >= 4 is 22.4 Å². The number of hydrogen-bond donors (Lipinski definition) is 2. The van der Waals surface area contributed by atoms with Crippen molar-refractivity contribution in [2.45, 2.75) is 46.5 Å². The molecule has 5 nitrogen and oxygen atoms in total. The number of para-hydroxylation sites is 2. The molecule has 0 atom stereocenters. The Morgan fingerprint density at radius 2 is 1.62 bits per heavy atom. The van der Waals surface area contributed by atoms with Crippen LogP contribution in [0.4, 0.5) is 0 Å². The van der Waals surface area contributed by atoms with Gasteiger partial charge < -0.3 is 5.11 Å². The fourth-order valence-electron chi connectivity index (χ4n) is 3.70. The van der Waals surface area contributed by atoms with Crippen LogP contribution in [0.2, 0.25) is 0 Å². The molecule has 0 radical (unpaired) electrons. The zero-order chi connectivity index (χ0) is 21.1. The highest BCUT2D eigenvalue weighted by atomic mass is 32.1. The second kappa shape index (κ2) is 8.33. The molecule has 0 aliphatic carbocycles. The molecule has 0 fully saturated rings. The Balaban J connectivity index is 0.000000220. The maximum atomic E-state index is 10.1. The molecule has 2 aromatic carbocycles. The highest BCUT2D eigenvalue weighted by molar-refractivity contribution is 7.13. The molecular weight excluding hydrogens is 380 g/mol. The molecule has 0 amide bonds. The van der Waals surface area contributed by atoms with Gasteiger partial charge in [-0.3, -0.25) is 0 Å². The fourth-order valence-corrected chi connectivity index (χ4v) is 4.36. The molecule has 0 unspecified atom stereocenters. The van der Waals surface area contributed by atoms with Gasteiger partial charge in [0, 0.05) is 11.6 Å². The fraction of sp³-hybridized carbons (Fsp3) is 0.348. The number of thiazole rings is 1. The van der Waals surface area contributed by atoms with Crippen molar-refractivity contribution in [1.29, 1.82) is 0 Å². The molecule has 6 heteroatoms. The third kappa shape index (κ3) is 5.41. The quantitative estimate of drug-likeness (QED) is 0.424. The number of rotatable bonds is 3. The van der Waals surface area contributed by atoms with Crippen molar-refractivity contribution in [3.05, 3.63) is 59.6 Å². The zero-order valence-corrected chi connectivity index (χ0v) is 18.4. The van der Waals surface area contributed by atoms with E-state index >= 15 is 0 Å². The van der Waals surface area contributed by atoms with Crippen molar-refractivity contribution in [3.8, 4) is 16.3 Å². The van der Waals surface area contributed by atoms with E-state index in [9.17, 15) is 5.11 Å². The van der Waals surface area contributed by atoms with Gasteiger partial charge in [0.05, 0.1) is 5.56 Å². The largest absolute Gasteiger partial charge is 0.507 e. The third-order valence-electron chi connectivity index (χ3n) is 4.64. The average molecular weight is 409 g/mol. The molecule has 2 aromatic heterocycles. The van der Waals surface area contributed by atoms with Crippen molar-refractivity contribution in [1.82, 2.24) is 20.4 Å². The van der Waals surface area contributed by atoms with Crippen molar-refractivity contribution in [3.63, 3.8) is 0 Å². The Bertz CT molecular complexity index is 1030. The molecule has 0 bridgehead atoms. The number of nitrogens with zero attached hydrogens (tertiary/aromatic N) is 3. The predicted octanol–water partition coefficient (Wildman–Crippen LogP) is 6.19. The van der Waals surface area contributed by atoms with Crippen molar-refractivity contribution in [2.75, 3.05) is 0 Å². The Kier molecular flexibility index (Phi) is 6.03. The van der Waals surface area contributed by atoms with Crippen molar-refractivity contribution < 1.29 is 5.11 Å². The van der Waals surface area contributed by atoms with Gasteiger partial charge in [0.15, 0.2) is 0 Å². The van der Waals surface area contributed by atoms with E-state index < -0.39 is 0 Å². The molecule has 2 heterocycles. The van der Waals surface area contributed by atoms with Gasteiger partial charge in [-0.2, -0.15) is 15.4 Å². The molecule has 29 heavy (non-hydrogen) atoms. The van der Waals surface area contributed by atoms with E-state index in [0.717, 1.165) is 28.0 Å². The van der Waals surface area contributed by atoms with Gasteiger partial charge >= 0.3 is 0 Å². The van der Waals surface area contributed by atoms with Crippen LogP contribution in [0.5, 0.6) is 5.75 Å². The first-order chi connectivity index (χ1) is 13.7. The molecule has 0 aliphatic rings. The van der Waals surface area contributed by atoms with Crippen LogP contribution in [-0.2, 0) is 5.41 Å². The van der Waals surface area contributed by atoms with E-state index in [1.54, 1.807) is 23.6 Å². The van der Waals surface area contributed by atoms with Gasteiger partial charge in [-0.05, 0) is 47.1 Å². The summed E-state index contributed by atoms with van der Waals surface area (Å²) in [4.78, 5) is 4.30. The lowest BCUT2D eigenvalue weighted by molar-refractivity contribution is 0.284. The van der Waals surface area contributed by atoms with Crippen LogP contribution in [0.15, 0.2) is 54.0 Å². The van der Waals surface area contributed by atoms with Crippen LogP contribution in [0.3, 0.4) is 0 Å². The summed E-state index contributed by atoms with van der Waals surface area (Å²) in [6.07, 6.45) is 2.86. The first-order valence-corrected chi connectivity index (χ1v) is 10.5. The molecule has 4 aromatic rings. The lowest BCUT2D eigenvalue weighted by atomic mass is 9.72. The molecule has 4 rings (SSSR count). The number of phenols is 1. The summed E-state index contributed by atoms with van der Waals surface area (Å²) in [7, 11) is 0. The summed E-state index contributed by atoms with van der Waals surface area (Å²) in [6.45, 7) is 11.3. The molecule has 0 aliphatic heterocycles. The van der Waals surface area contributed by atoms with Crippen LogP contribution in [0.25, 0.3) is 21.6 Å². The Morgan fingerprint density at radius 3 is 2.17 bits per heavy atom. The third-order valence-corrected chi connectivity index (χ3v) is 5.44. The maximum Gasteiger partial charge on any atom is 0.126 e. The number of aromatic amines is 1. The predicted molar refractivity (Wildman–Crippen MR) is 120 cm³/mol. The van der Waals surface area contributed by atoms with E-state index in [1.165, 1.54) is 5.56 Å². The summed E-state index contributed by atoms with van der Waals surface area (Å²) in [6, 6.07) is 13.6. The number of aromatic hydroxyl groups is 1. The number of fused-ring (bicyclic) bond motifs is 1. The monoisotopic (exact) mass is 408 g/mol. The van der Waals surface area contributed by atoms with Crippen LogP contribution in [0, 0.1) is 5.41 Å². The van der Waals surface area contributed by atoms with E-state index in [2.05, 4.69) is 61.1 Å². The Morgan fingerprint density at radius 1 is 0.966 bits per heavy atom. The molecule has 0 saturated heterocycles. The van der Waals surface area contributed by atoms with E-state index in [0.29, 0.717) is 5.75 Å². The normalized spacial score (nSPS) is 11.9. The first kappa shape index (κ1) is 21.0. The highest BCUT2D eigenvalue weighted by Gasteiger charge is 2.28. The second-order valence-electron chi connectivity index (χ2n) is 9.00. The topological polar surface area (TPSA) is 74.7 Å². The smallest absolute Gasteiger partial charge is 0.126 e. The van der Waals surface area contributed by atoms with Gasteiger partial charge in [-0.15, -0.1) is 11.3 Å². The number of hydrogen-bond acceptors (Lipinski definition) is 5. The molecular formula is C23H28N4OS. The minimum absolute atomic E-state index is 0.0674. The lowest BCUT2D eigenvalue weighted by Crippen LogP contribution is -2.24. The summed E-state index contributed by atoms with van der Waals surface area (Å²) in [5.74, 6) is 0.301. The Hall–Kier alpha value is -2.73. The van der Waals surface area contributed by atoms with Gasteiger partial charge in [0.1, 0.15) is 21.8 Å². The molecule has 2 N–H and O–H groups in total. The van der Waals surface area contributed by atoms with Gasteiger partial charge in [-0.25, -0.2) is 4.98 Å². The minimum atomic E-state index is 0.0674. The molecule has 152 valence electrons. The number of aromatic nitrogens is 4. The van der Waals surface area contributed by atoms with Crippen LogP contribution >= 0.6 is 11.3 Å². The van der Waals surface area contributed by atoms with Crippen LogP contribution in [-0.4, -0.2) is 25.5 Å².